The van der Waals surface area contributed by atoms with Gasteiger partial charge in [0.25, 0.3) is 5.91 Å². The number of amides is 1. The van der Waals surface area contributed by atoms with Gasteiger partial charge >= 0.3 is 0 Å². The molecule has 1 aliphatic rings. The van der Waals surface area contributed by atoms with Gasteiger partial charge in [0.1, 0.15) is 17.1 Å². The number of carbonyl (C=O) groups is 1. The van der Waals surface area contributed by atoms with Crippen LogP contribution in [-0.2, 0) is 13.0 Å². The number of H-pyrrole nitrogens is 1. The number of pyridine rings is 1. The van der Waals surface area contributed by atoms with E-state index in [2.05, 4.69) is 38.6 Å². The minimum atomic E-state index is -0.577. The minimum absolute atomic E-state index is 0.0714. The topological polar surface area (TPSA) is 138 Å². The highest BCUT2D eigenvalue weighted by Crippen LogP contribution is 2.33. The van der Waals surface area contributed by atoms with E-state index in [1.807, 2.05) is 36.4 Å². The number of aliphatic hydroxyl groups is 1. The summed E-state index contributed by atoms with van der Waals surface area (Å²) in [5, 5.41) is 17.2. The van der Waals surface area contributed by atoms with Gasteiger partial charge in [-0.25, -0.2) is 9.97 Å². The summed E-state index contributed by atoms with van der Waals surface area (Å²) in [6.45, 7) is 2.89. The number of benzene rings is 2. The van der Waals surface area contributed by atoms with Crippen LogP contribution < -0.4 is 21.1 Å². The number of rotatable bonds is 12. The molecule has 1 fully saturated rings. The van der Waals surface area contributed by atoms with Crippen LogP contribution in [-0.4, -0.2) is 45.7 Å². The lowest BCUT2D eigenvalue weighted by atomic mass is 9.85. The van der Waals surface area contributed by atoms with Crippen molar-refractivity contribution in [3.8, 4) is 17.1 Å². The van der Waals surface area contributed by atoms with Crippen LogP contribution >= 0.6 is 0 Å². The Bertz CT molecular complexity index is 1480. The molecule has 5 rings (SSSR count). The fourth-order valence-corrected chi connectivity index (χ4v) is 5.93. The van der Waals surface area contributed by atoms with E-state index in [1.165, 1.54) is 38.3 Å². The maximum atomic E-state index is 12.5. The van der Waals surface area contributed by atoms with Crippen molar-refractivity contribution in [2.45, 2.75) is 64.5 Å². The van der Waals surface area contributed by atoms with Crippen molar-refractivity contribution < 1.29 is 14.6 Å². The van der Waals surface area contributed by atoms with E-state index in [9.17, 15) is 9.90 Å². The number of methoxy groups -OCH3 is 1. The smallest absolute Gasteiger partial charge is 0.252 e. The van der Waals surface area contributed by atoms with Gasteiger partial charge in [-0.3, -0.25) is 4.79 Å². The van der Waals surface area contributed by atoms with Crippen LogP contribution in [0.4, 0.5) is 11.4 Å². The summed E-state index contributed by atoms with van der Waals surface area (Å²) >= 11 is 0. The van der Waals surface area contributed by atoms with Gasteiger partial charge in [-0.2, -0.15) is 0 Å². The first-order valence-corrected chi connectivity index (χ1v) is 14.6. The molecular formula is C32H40N6O3. The first-order valence-electron chi connectivity index (χ1n) is 14.6. The Kier molecular flexibility index (Phi) is 9.16. The Labute approximate surface area is 240 Å². The highest BCUT2D eigenvalue weighted by molar-refractivity contribution is 6.06. The van der Waals surface area contributed by atoms with Gasteiger partial charge in [-0.1, -0.05) is 51.2 Å². The average molecular weight is 557 g/mol. The molecule has 0 spiro atoms. The van der Waals surface area contributed by atoms with Crippen LogP contribution in [0.5, 0.6) is 5.75 Å². The van der Waals surface area contributed by atoms with Crippen molar-refractivity contribution in [2.75, 3.05) is 19.0 Å². The second-order valence-corrected chi connectivity index (χ2v) is 10.8. The van der Waals surface area contributed by atoms with Gasteiger partial charge in [0.05, 0.1) is 25.0 Å². The number of anilines is 2. The largest absolute Gasteiger partial charge is 0.497 e. The molecule has 0 aliphatic heterocycles. The molecule has 0 bridgehead atoms. The predicted molar refractivity (Wildman–Crippen MR) is 162 cm³/mol. The summed E-state index contributed by atoms with van der Waals surface area (Å²) in [6, 6.07) is 13.8. The first kappa shape index (κ1) is 28.6. The normalized spacial score (nSPS) is 14.7. The molecule has 6 N–H and O–H groups in total. The molecule has 2 aromatic carbocycles. The maximum Gasteiger partial charge on any atom is 0.252 e. The fraction of sp³-hybridized carbons (Fsp3) is 0.406. The van der Waals surface area contributed by atoms with Crippen molar-refractivity contribution in [1.82, 2.24) is 20.3 Å². The number of aromatic nitrogens is 3. The Morgan fingerprint density at radius 1 is 1.17 bits per heavy atom. The number of fused-ring (bicyclic) bond motifs is 1. The van der Waals surface area contributed by atoms with Gasteiger partial charge in [-0.15, -0.1) is 0 Å². The second-order valence-electron chi connectivity index (χ2n) is 10.8. The third-order valence-electron chi connectivity index (χ3n) is 8.18. The Hall–Kier alpha value is -3.95. The molecule has 4 aromatic rings. The van der Waals surface area contributed by atoms with Crippen molar-refractivity contribution in [2.24, 2.45) is 11.7 Å². The predicted octanol–water partition coefficient (Wildman–Crippen LogP) is 5.46. The van der Waals surface area contributed by atoms with Gasteiger partial charge < -0.3 is 31.2 Å². The van der Waals surface area contributed by atoms with Crippen LogP contribution in [0.25, 0.3) is 22.6 Å². The standard InChI is InChI=1S/C32H40N6O3/c1-3-25-22(17-34-23(19-39)16-20-8-5-4-6-9-20)10-7-11-27(25)36-28-26(30(33)40)18-35-32-29(28)37-31(38-32)21-12-14-24(41-2)15-13-21/h7,10-15,18,20,23,34,39H,3-6,8-9,16-17,19H2,1-2H3,(H2,33,40)(H2,35,36,37,38)/t23-/m0/s1. The third kappa shape index (κ3) is 6.52. The molecule has 0 saturated heterocycles. The summed E-state index contributed by atoms with van der Waals surface area (Å²) < 4.78 is 5.27. The average Bonchev–Trinajstić information content (AvgIpc) is 3.45. The number of aromatic amines is 1. The van der Waals surface area contributed by atoms with E-state index in [0.717, 1.165) is 41.0 Å². The number of ether oxygens (including phenoxy) is 1. The summed E-state index contributed by atoms with van der Waals surface area (Å²) in [5.41, 5.74) is 11.7. The second kappa shape index (κ2) is 13.1. The maximum absolute atomic E-state index is 12.5. The molecule has 9 nitrogen and oxygen atoms in total. The molecule has 216 valence electrons. The van der Waals surface area contributed by atoms with Crippen molar-refractivity contribution >= 4 is 28.4 Å². The Morgan fingerprint density at radius 3 is 2.63 bits per heavy atom. The lowest BCUT2D eigenvalue weighted by Crippen LogP contribution is -2.34. The summed E-state index contributed by atoms with van der Waals surface area (Å²) in [5.74, 6) is 1.49. The van der Waals surface area contributed by atoms with E-state index >= 15 is 0 Å². The molecule has 2 aromatic heterocycles. The van der Waals surface area contributed by atoms with E-state index in [1.54, 1.807) is 7.11 Å². The zero-order chi connectivity index (χ0) is 28.8. The van der Waals surface area contributed by atoms with Gasteiger partial charge in [0, 0.05) is 30.0 Å². The number of imidazole rings is 1. The lowest BCUT2D eigenvalue weighted by molar-refractivity contribution is 0.100. The van der Waals surface area contributed by atoms with Crippen LogP contribution in [0.3, 0.4) is 0 Å². The number of carbonyl (C=O) groups excluding carboxylic acids is 1. The summed E-state index contributed by atoms with van der Waals surface area (Å²) in [7, 11) is 1.63. The van der Waals surface area contributed by atoms with Crippen LogP contribution in [0.1, 0.15) is 66.9 Å². The number of nitrogens with two attached hydrogens (primary N) is 1. The molecule has 1 saturated carbocycles. The number of primary amides is 1. The van der Waals surface area contributed by atoms with Crippen molar-refractivity contribution in [1.29, 1.82) is 0 Å². The number of hydrogen-bond donors (Lipinski definition) is 5. The zero-order valence-electron chi connectivity index (χ0n) is 23.9. The monoisotopic (exact) mass is 556 g/mol. The van der Waals surface area contributed by atoms with E-state index in [4.69, 9.17) is 10.5 Å². The molecule has 0 unspecified atom stereocenters. The van der Waals surface area contributed by atoms with Crippen LogP contribution in [0.15, 0.2) is 48.7 Å². The number of nitrogens with one attached hydrogen (secondary N) is 3. The van der Waals surface area contributed by atoms with Gasteiger partial charge in [0.15, 0.2) is 5.65 Å². The molecular weight excluding hydrogens is 516 g/mol. The van der Waals surface area contributed by atoms with Gasteiger partial charge in [0.2, 0.25) is 0 Å². The van der Waals surface area contributed by atoms with Crippen LogP contribution in [0, 0.1) is 5.92 Å². The quantitative estimate of drug-likeness (QED) is 0.156. The molecule has 2 heterocycles. The Morgan fingerprint density at radius 2 is 1.95 bits per heavy atom. The lowest BCUT2D eigenvalue weighted by Gasteiger charge is -2.26. The van der Waals surface area contributed by atoms with Gasteiger partial charge in [-0.05, 0) is 60.2 Å². The molecule has 0 radical (unpaired) electrons. The number of hydrogen-bond acceptors (Lipinski definition) is 7. The molecule has 9 heteroatoms. The highest BCUT2D eigenvalue weighted by Gasteiger charge is 2.21. The van der Waals surface area contributed by atoms with E-state index in [-0.39, 0.29) is 18.2 Å². The SMILES string of the molecule is CCc1c(CN[C@H](CO)CC2CCCCC2)cccc1Nc1c(C(N)=O)cnc2nc(-c3ccc(OC)cc3)[nH]c12. The highest BCUT2D eigenvalue weighted by atomic mass is 16.5. The van der Waals surface area contributed by atoms with E-state index in [0.29, 0.717) is 35.1 Å². The minimum Gasteiger partial charge on any atom is -0.497 e. The Balaban J connectivity index is 1.43. The molecule has 1 amide bonds. The number of aliphatic hydroxyl groups excluding tert-OH is 1. The molecule has 1 atom stereocenters. The summed E-state index contributed by atoms with van der Waals surface area (Å²) in [4.78, 5) is 24.9. The zero-order valence-corrected chi connectivity index (χ0v) is 23.9. The first-order chi connectivity index (χ1) is 20.0. The number of nitrogens with zero attached hydrogens (tertiary/aromatic N) is 2. The van der Waals surface area contributed by atoms with Crippen molar-refractivity contribution in [3.63, 3.8) is 0 Å². The van der Waals surface area contributed by atoms with E-state index < -0.39 is 5.91 Å². The molecule has 41 heavy (non-hydrogen) atoms. The molecule has 1 aliphatic carbocycles. The van der Waals surface area contributed by atoms with Crippen molar-refractivity contribution in [3.05, 3.63) is 65.4 Å². The fourth-order valence-electron chi connectivity index (χ4n) is 5.93. The third-order valence-corrected chi connectivity index (χ3v) is 8.18. The van der Waals surface area contributed by atoms with Crippen LogP contribution in [0.2, 0.25) is 0 Å². The summed E-state index contributed by atoms with van der Waals surface area (Å²) in [6.07, 6.45) is 9.70.